The number of nitrogens with zero attached hydrogens (tertiary/aromatic N) is 1. The number of carbonyl (C=O) groups is 1. The van der Waals surface area contributed by atoms with Crippen molar-refractivity contribution in [3.63, 3.8) is 0 Å². The molecule has 1 heterocycles. The number of unbranched alkanes of at least 4 members (excludes halogenated alkanes) is 1. The summed E-state index contributed by atoms with van der Waals surface area (Å²) >= 11 is 1.46. The van der Waals surface area contributed by atoms with Gasteiger partial charge in [0.2, 0.25) is 0 Å². The summed E-state index contributed by atoms with van der Waals surface area (Å²) in [4.78, 5) is 14.2. The van der Waals surface area contributed by atoms with Crippen molar-refractivity contribution in [1.82, 2.24) is 4.98 Å². The van der Waals surface area contributed by atoms with E-state index in [1.165, 1.54) is 11.8 Å². The fourth-order valence-electron chi connectivity index (χ4n) is 1.05. The van der Waals surface area contributed by atoms with Crippen LogP contribution in [0, 0.1) is 0 Å². The molecule has 0 bridgehead atoms. The number of pyridine rings is 1. The van der Waals surface area contributed by atoms with E-state index in [1.54, 1.807) is 24.4 Å². The number of hydrogen-bond donors (Lipinski definition) is 2. The number of thioether (sulfide) groups is 1. The van der Waals surface area contributed by atoms with Gasteiger partial charge < -0.3 is 10.2 Å². The topological polar surface area (TPSA) is 70.4 Å². The van der Waals surface area contributed by atoms with Gasteiger partial charge in [-0.3, -0.25) is 0 Å². The second kappa shape index (κ2) is 6.90. The molecule has 5 heteroatoms. The van der Waals surface area contributed by atoms with Gasteiger partial charge in [0, 0.05) is 12.3 Å². The first kappa shape index (κ1) is 12.6. The Labute approximate surface area is 98.0 Å². The molecule has 2 N–H and O–H groups in total. The average Bonchev–Trinajstić information content (AvgIpc) is 2.25. The number of aromatic hydroxyl groups is 1. The van der Waals surface area contributed by atoms with Gasteiger partial charge in [0.05, 0.1) is 0 Å². The van der Waals surface area contributed by atoms with Crippen molar-refractivity contribution >= 4 is 17.7 Å². The Bertz CT molecular complexity index is 379. The first-order valence-electron chi connectivity index (χ1n) is 4.86. The lowest BCUT2D eigenvalue weighted by Crippen LogP contribution is -1.86. The zero-order valence-electron chi connectivity index (χ0n) is 8.67. The quantitative estimate of drug-likeness (QED) is 0.453. The van der Waals surface area contributed by atoms with Crippen LogP contribution >= 0.6 is 11.8 Å². The van der Waals surface area contributed by atoms with Crippen LogP contribution in [0.5, 0.6) is 5.75 Å². The predicted octanol–water partition coefficient (Wildman–Crippen LogP) is 2.30. The number of carboxylic acid groups (broad SMARTS) is 1. The molecule has 0 atom stereocenters. The highest BCUT2D eigenvalue weighted by Crippen LogP contribution is 2.25. The van der Waals surface area contributed by atoms with Crippen molar-refractivity contribution in [3.05, 3.63) is 30.5 Å². The summed E-state index contributed by atoms with van der Waals surface area (Å²) in [6.45, 7) is 0. The first-order valence-corrected chi connectivity index (χ1v) is 5.85. The standard InChI is InChI=1S/C11H13NO3S/c13-9-5-4-7-12-11(9)16-8-3-1-2-6-10(14)15/h2,4-7,13H,1,3,8H2,(H,14,15). The molecular weight excluding hydrogens is 226 g/mol. The smallest absolute Gasteiger partial charge is 0.327 e. The van der Waals surface area contributed by atoms with Crippen LogP contribution in [0.25, 0.3) is 0 Å². The van der Waals surface area contributed by atoms with Crippen LogP contribution in [0.1, 0.15) is 12.8 Å². The number of allylic oxidation sites excluding steroid dienone is 1. The van der Waals surface area contributed by atoms with Gasteiger partial charge in [-0.2, -0.15) is 0 Å². The van der Waals surface area contributed by atoms with Crippen molar-refractivity contribution in [3.8, 4) is 5.75 Å². The largest absolute Gasteiger partial charge is 0.505 e. The van der Waals surface area contributed by atoms with Gasteiger partial charge in [0.1, 0.15) is 10.8 Å². The Kier molecular flexibility index (Phi) is 5.42. The lowest BCUT2D eigenvalue weighted by molar-refractivity contribution is -0.131. The number of aromatic nitrogens is 1. The molecule has 0 unspecified atom stereocenters. The van der Waals surface area contributed by atoms with E-state index in [-0.39, 0.29) is 5.75 Å². The highest BCUT2D eigenvalue weighted by Gasteiger charge is 2.00. The van der Waals surface area contributed by atoms with Crippen molar-refractivity contribution in [1.29, 1.82) is 0 Å². The minimum Gasteiger partial charge on any atom is -0.505 e. The van der Waals surface area contributed by atoms with Crippen molar-refractivity contribution in [2.24, 2.45) is 0 Å². The first-order chi connectivity index (χ1) is 7.70. The highest BCUT2D eigenvalue weighted by molar-refractivity contribution is 7.99. The van der Waals surface area contributed by atoms with Crippen LogP contribution in [0.2, 0.25) is 0 Å². The fourth-order valence-corrected chi connectivity index (χ4v) is 1.90. The molecule has 0 aliphatic heterocycles. The maximum Gasteiger partial charge on any atom is 0.327 e. The molecule has 0 amide bonds. The maximum absolute atomic E-state index is 10.2. The number of aliphatic carboxylic acids is 1. The van der Waals surface area contributed by atoms with Crippen LogP contribution in [-0.2, 0) is 4.79 Å². The Morgan fingerprint density at radius 3 is 3.06 bits per heavy atom. The van der Waals surface area contributed by atoms with Crippen LogP contribution in [0.3, 0.4) is 0 Å². The van der Waals surface area contributed by atoms with E-state index in [2.05, 4.69) is 4.98 Å². The number of hydrogen-bond acceptors (Lipinski definition) is 4. The molecule has 0 aromatic carbocycles. The Morgan fingerprint density at radius 2 is 2.38 bits per heavy atom. The van der Waals surface area contributed by atoms with E-state index in [4.69, 9.17) is 5.11 Å². The average molecular weight is 239 g/mol. The third-order valence-corrected chi connectivity index (χ3v) is 2.85. The normalized spacial score (nSPS) is 10.8. The molecule has 16 heavy (non-hydrogen) atoms. The van der Waals surface area contributed by atoms with E-state index in [9.17, 15) is 9.90 Å². The molecule has 0 fully saturated rings. The Hall–Kier alpha value is -1.49. The Morgan fingerprint density at radius 1 is 1.56 bits per heavy atom. The molecule has 1 aromatic heterocycles. The summed E-state index contributed by atoms with van der Waals surface area (Å²) < 4.78 is 0. The molecule has 4 nitrogen and oxygen atoms in total. The molecule has 0 spiro atoms. The minimum atomic E-state index is -0.921. The predicted molar refractivity (Wildman–Crippen MR) is 62.6 cm³/mol. The van der Waals surface area contributed by atoms with E-state index in [0.29, 0.717) is 11.4 Å². The van der Waals surface area contributed by atoms with E-state index in [0.717, 1.165) is 18.2 Å². The van der Waals surface area contributed by atoms with Crippen molar-refractivity contribution in [2.45, 2.75) is 17.9 Å². The summed E-state index contributed by atoms with van der Waals surface area (Å²) in [6, 6.07) is 3.27. The molecule has 86 valence electrons. The second-order valence-corrected chi connectivity index (χ2v) is 4.14. The lowest BCUT2D eigenvalue weighted by atomic mass is 10.3. The van der Waals surface area contributed by atoms with Gasteiger partial charge in [-0.1, -0.05) is 6.08 Å². The van der Waals surface area contributed by atoms with E-state index >= 15 is 0 Å². The van der Waals surface area contributed by atoms with Gasteiger partial charge in [-0.05, 0) is 30.7 Å². The summed E-state index contributed by atoms with van der Waals surface area (Å²) in [5, 5.41) is 18.4. The summed E-state index contributed by atoms with van der Waals surface area (Å²) in [5.41, 5.74) is 0. The fraction of sp³-hybridized carbons (Fsp3) is 0.273. The van der Waals surface area contributed by atoms with Crippen LogP contribution in [-0.4, -0.2) is 26.9 Å². The third-order valence-electron chi connectivity index (χ3n) is 1.77. The highest BCUT2D eigenvalue weighted by atomic mass is 32.2. The molecule has 0 aliphatic carbocycles. The van der Waals surface area contributed by atoms with Gasteiger partial charge in [0.15, 0.2) is 0 Å². The van der Waals surface area contributed by atoms with Gasteiger partial charge in [0.25, 0.3) is 0 Å². The number of carboxylic acids is 1. The van der Waals surface area contributed by atoms with Crippen LogP contribution in [0.4, 0.5) is 0 Å². The minimum absolute atomic E-state index is 0.188. The lowest BCUT2D eigenvalue weighted by Gasteiger charge is -2.01. The molecule has 0 saturated heterocycles. The summed E-state index contributed by atoms with van der Waals surface area (Å²) in [5.74, 6) is 0.0674. The van der Waals surface area contributed by atoms with Crippen LogP contribution in [0.15, 0.2) is 35.5 Å². The molecule has 0 aliphatic rings. The molecule has 0 saturated carbocycles. The molecule has 1 aromatic rings. The zero-order chi connectivity index (χ0) is 11.8. The monoisotopic (exact) mass is 239 g/mol. The van der Waals surface area contributed by atoms with Gasteiger partial charge >= 0.3 is 5.97 Å². The van der Waals surface area contributed by atoms with Gasteiger partial charge in [-0.15, -0.1) is 11.8 Å². The third kappa shape index (κ3) is 4.84. The number of rotatable bonds is 6. The maximum atomic E-state index is 10.2. The summed E-state index contributed by atoms with van der Waals surface area (Å²) in [6.07, 6.45) is 5.97. The Balaban J connectivity index is 2.21. The van der Waals surface area contributed by atoms with E-state index in [1.807, 2.05) is 0 Å². The molecule has 0 radical (unpaired) electrons. The molecule has 1 rings (SSSR count). The second-order valence-electron chi connectivity index (χ2n) is 3.06. The van der Waals surface area contributed by atoms with Gasteiger partial charge in [-0.25, -0.2) is 9.78 Å². The molecular formula is C11H13NO3S. The summed E-state index contributed by atoms with van der Waals surface area (Å²) in [7, 11) is 0. The van der Waals surface area contributed by atoms with Crippen LogP contribution < -0.4 is 0 Å². The van der Waals surface area contributed by atoms with Crippen molar-refractivity contribution in [2.75, 3.05) is 5.75 Å². The zero-order valence-corrected chi connectivity index (χ0v) is 9.48. The van der Waals surface area contributed by atoms with Crippen molar-refractivity contribution < 1.29 is 15.0 Å². The van der Waals surface area contributed by atoms with E-state index < -0.39 is 5.97 Å². The SMILES string of the molecule is O=C(O)C=CCCCSc1ncccc1O.